The third-order valence-electron chi connectivity index (χ3n) is 3.46. The number of nitrogens with zero attached hydrogens (tertiary/aromatic N) is 1. The molecule has 1 aliphatic heterocycles. The van der Waals surface area contributed by atoms with Gasteiger partial charge in [0.25, 0.3) is 0 Å². The average Bonchev–Trinajstić information content (AvgIpc) is 2.39. The van der Waals surface area contributed by atoms with Gasteiger partial charge in [-0.2, -0.15) is 0 Å². The Morgan fingerprint density at radius 2 is 2.22 bits per heavy atom. The van der Waals surface area contributed by atoms with Crippen LogP contribution in [0, 0.1) is 6.92 Å². The lowest BCUT2D eigenvalue weighted by Crippen LogP contribution is -2.50. The fraction of sp³-hybridized carbons (Fsp3) is 0.500. The topological polar surface area (TPSA) is 55.6 Å². The largest absolute Gasteiger partial charge is 0.370 e. The molecule has 0 spiro atoms. The molecule has 0 unspecified atom stereocenters. The lowest BCUT2D eigenvalue weighted by molar-refractivity contribution is -0.142. The minimum absolute atomic E-state index is 0.00983. The predicted molar refractivity (Wildman–Crippen MR) is 70.1 cm³/mol. The molecule has 0 radical (unpaired) electrons. The van der Waals surface area contributed by atoms with E-state index in [2.05, 4.69) is 19.1 Å². The van der Waals surface area contributed by atoms with Crippen LogP contribution in [-0.4, -0.2) is 36.5 Å². The summed E-state index contributed by atoms with van der Waals surface area (Å²) in [5.41, 5.74) is 7.79. The summed E-state index contributed by atoms with van der Waals surface area (Å²) < 4.78 is 5.85. The van der Waals surface area contributed by atoms with E-state index in [0.29, 0.717) is 13.2 Å². The van der Waals surface area contributed by atoms with Crippen LogP contribution in [-0.2, 0) is 9.53 Å². The molecule has 2 N–H and O–H groups in total. The van der Waals surface area contributed by atoms with Crippen molar-refractivity contribution in [3.8, 4) is 0 Å². The molecule has 0 aromatic heterocycles. The summed E-state index contributed by atoms with van der Waals surface area (Å²) >= 11 is 0. The molecule has 18 heavy (non-hydrogen) atoms. The van der Waals surface area contributed by atoms with Gasteiger partial charge in [0.15, 0.2) is 0 Å². The molecule has 2 atom stereocenters. The van der Waals surface area contributed by atoms with Crippen LogP contribution in [0.25, 0.3) is 0 Å². The van der Waals surface area contributed by atoms with Gasteiger partial charge in [0, 0.05) is 0 Å². The molecule has 4 nitrogen and oxygen atoms in total. The van der Waals surface area contributed by atoms with Gasteiger partial charge in [0.05, 0.1) is 25.7 Å². The van der Waals surface area contributed by atoms with E-state index in [1.54, 1.807) is 0 Å². The second kappa shape index (κ2) is 5.50. The number of carbonyl (C=O) groups excluding carboxylic acids is 1. The van der Waals surface area contributed by atoms with Gasteiger partial charge in [-0.15, -0.1) is 0 Å². The van der Waals surface area contributed by atoms with Gasteiger partial charge in [0.2, 0.25) is 5.91 Å². The molecule has 1 aromatic rings. The Balaban J connectivity index is 2.17. The highest BCUT2D eigenvalue weighted by atomic mass is 16.5. The van der Waals surface area contributed by atoms with Crippen molar-refractivity contribution in [3.63, 3.8) is 0 Å². The second-order valence-corrected chi connectivity index (χ2v) is 4.78. The quantitative estimate of drug-likeness (QED) is 0.856. The summed E-state index contributed by atoms with van der Waals surface area (Å²) in [5.74, 6) is -0.00983. The molecule has 1 fully saturated rings. The minimum atomic E-state index is -0.0436. The first-order valence-corrected chi connectivity index (χ1v) is 6.30. The van der Waals surface area contributed by atoms with E-state index in [1.165, 1.54) is 5.56 Å². The zero-order chi connectivity index (χ0) is 13.1. The Labute approximate surface area is 108 Å². The Kier molecular flexibility index (Phi) is 3.99. The summed E-state index contributed by atoms with van der Waals surface area (Å²) in [6.07, 6.45) is -0.0436. The van der Waals surface area contributed by atoms with E-state index in [1.807, 2.05) is 24.0 Å². The Bertz CT molecular complexity index is 434. The number of hydrogen-bond acceptors (Lipinski definition) is 3. The summed E-state index contributed by atoms with van der Waals surface area (Å²) in [5, 5.41) is 0. The third kappa shape index (κ3) is 2.54. The Morgan fingerprint density at radius 3 is 2.89 bits per heavy atom. The van der Waals surface area contributed by atoms with E-state index in [-0.39, 0.29) is 24.6 Å². The van der Waals surface area contributed by atoms with Gasteiger partial charge >= 0.3 is 0 Å². The highest BCUT2D eigenvalue weighted by Gasteiger charge is 2.30. The summed E-state index contributed by atoms with van der Waals surface area (Å²) in [6, 6.07) is 8.22. The van der Waals surface area contributed by atoms with Crippen LogP contribution in [0.3, 0.4) is 0 Å². The molecular formula is C14H20N2O2. The molecule has 2 rings (SSSR count). The van der Waals surface area contributed by atoms with E-state index in [9.17, 15) is 4.79 Å². The minimum Gasteiger partial charge on any atom is -0.370 e. The molecule has 4 heteroatoms. The SMILES string of the molecule is Cc1ccccc1[C@H]1CN(C(=O)CN)[C@H](C)CO1. The summed E-state index contributed by atoms with van der Waals surface area (Å²) in [4.78, 5) is 13.6. The number of hydrogen-bond donors (Lipinski definition) is 1. The number of benzene rings is 1. The highest BCUT2D eigenvalue weighted by Crippen LogP contribution is 2.26. The van der Waals surface area contributed by atoms with Crippen LogP contribution in [0.5, 0.6) is 0 Å². The normalized spacial score (nSPS) is 24.1. The lowest BCUT2D eigenvalue weighted by atomic mass is 10.0. The summed E-state index contributed by atoms with van der Waals surface area (Å²) in [6.45, 7) is 5.26. The van der Waals surface area contributed by atoms with Crippen molar-refractivity contribution in [2.24, 2.45) is 5.73 Å². The van der Waals surface area contributed by atoms with E-state index >= 15 is 0 Å². The van der Waals surface area contributed by atoms with Crippen molar-refractivity contribution in [1.82, 2.24) is 4.90 Å². The third-order valence-corrected chi connectivity index (χ3v) is 3.46. The van der Waals surface area contributed by atoms with Crippen molar-refractivity contribution < 1.29 is 9.53 Å². The van der Waals surface area contributed by atoms with Crippen molar-refractivity contribution >= 4 is 5.91 Å². The molecule has 0 bridgehead atoms. The lowest BCUT2D eigenvalue weighted by Gasteiger charge is -2.38. The maximum absolute atomic E-state index is 11.8. The zero-order valence-electron chi connectivity index (χ0n) is 10.9. The number of morpholine rings is 1. The monoisotopic (exact) mass is 248 g/mol. The van der Waals surface area contributed by atoms with Crippen LogP contribution < -0.4 is 5.73 Å². The smallest absolute Gasteiger partial charge is 0.236 e. The van der Waals surface area contributed by atoms with Crippen LogP contribution in [0.4, 0.5) is 0 Å². The zero-order valence-corrected chi connectivity index (χ0v) is 10.9. The average molecular weight is 248 g/mol. The van der Waals surface area contributed by atoms with Gasteiger partial charge in [-0.3, -0.25) is 4.79 Å². The number of rotatable bonds is 2. The van der Waals surface area contributed by atoms with E-state index in [4.69, 9.17) is 10.5 Å². The highest BCUT2D eigenvalue weighted by molar-refractivity contribution is 5.78. The number of amides is 1. The molecule has 98 valence electrons. The number of carbonyl (C=O) groups is 1. The number of ether oxygens (including phenoxy) is 1. The van der Waals surface area contributed by atoms with Gasteiger partial charge in [-0.1, -0.05) is 24.3 Å². The maximum atomic E-state index is 11.8. The van der Waals surface area contributed by atoms with Gasteiger partial charge in [-0.05, 0) is 25.0 Å². The molecule has 0 saturated carbocycles. The van der Waals surface area contributed by atoms with Crippen molar-refractivity contribution in [2.75, 3.05) is 19.7 Å². The molecule has 0 aliphatic carbocycles. The molecular weight excluding hydrogens is 228 g/mol. The first kappa shape index (κ1) is 13.1. The first-order chi connectivity index (χ1) is 8.63. The van der Waals surface area contributed by atoms with Crippen molar-refractivity contribution in [2.45, 2.75) is 26.0 Å². The first-order valence-electron chi connectivity index (χ1n) is 6.30. The van der Waals surface area contributed by atoms with Gasteiger partial charge in [0.1, 0.15) is 6.10 Å². The molecule has 1 amide bonds. The van der Waals surface area contributed by atoms with E-state index < -0.39 is 0 Å². The van der Waals surface area contributed by atoms with Crippen LogP contribution >= 0.6 is 0 Å². The van der Waals surface area contributed by atoms with Gasteiger partial charge < -0.3 is 15.4 Å². The molecule has 1 saturated heterocycles. The molecule has 1 heterocycles. The second-order valence-electron chi connectivity index (χ2n) is 4.78. The maximum Gasteiger partial charge on any atom is 0.236 e. The van der Waals surface area contributed by atoms with Crippen LogP contribution in [0.1, 0.15) is 24.2 Å². The van der Waals surface area contributed by atoms with Crippen molar-refractivity contribution in [1.29, 1.82) is 0 Å². The number of nitrogens with two attached hydrogens (primary N) is 1. The van der Waals surface area contributed by atoms with Crippen LogP contribution in [0.2, 0.25) is 0 Å². The van der Waals surface area contributed by atoms with Gasteiger partial charge in [-0.25, -0.2) is 0 Å². The van der Waals surface area contributed by atoms with Crippen LogP contribution in [0.15, 0.2) is 24.3 Å². The standard InChI is InChI=1S/C14H20N2O2/c1-10-5-3-4-6-12(10)13-8-16(14(17)7-15)11(2)9-18-13/h3-6,11,13H,7-9,15H2,1-2H3/t11-,13-/m1/s1. The van der Waals surface area contributed by atoms with Crippen molar-refractivity contribution in [3.05, 3.63) is 35.4 Å². The number of aryl methyl sites for hydroxylation is 1. The Morgan fingerprint density at radius 1 is 1.50 bits per heavy atom. The fourth-order valence-electron chi connectivity index (χ4n) is 2.36. The summed E-state index contributed by atoms with van der Waals surface area (Å²) in [7, 11) is 0. The molecule has 1 aliphatic rings. The van der Waals surface area contributed by atoms with E-state index in [0.717, 1.165) is 5.56 Å². The Hall–Kier alpha value is -1.39. The predicted octanol–water partition coefficient (Wildman–Crippen LogP) is 1.24. The molecule has 1 aromatic carbocycles. The fourth-order valence-corrected chi connectivity index (χ4v) is 2.36.